The molecule has 1 unspecified atom stereocenters. The number of likely N-dealkylation sites (tertiary alicyclic amines) is 1. The van der Waals surface area contributed by atoms with Gasteiger partial charge in [-0.3, -0.25) is 4.79 Å². The normalized spacial score (nSPS) is 17.8. The summed E-state index contributed by atoms with van der Waals surface area (Å²) in [6.07, 6.45) is 1.41. The highest BCUT2D eigenvalue weighted by atomic mass is 16.5. The summed E-state index contributed by atoms with van der Waals surface area (Å²) in [7, 11) is 2.09. The van der Waals surface area contributed by atoms with Gasteiger partial charge < -0.3 is 15.0 Å². The van der Waals surface area contributed by atoms with Crippen LogP contribution in [0, 0.1) is 11.3 Å². The number of hydrogen-bond donors (Lipinski definition) is 1. The number of nitriles is 1. The minimum absolute atomic E-state index is 0.0890. The molecular weight excluding hydrogens is 266 g/mol. The van der Waals surface area contributed by atoms with E-state index in [0.29, 0.717) is 11.3 Å². The van der Waals surface area contributed by atoms with Gasteiger partial charge in [0.15, 0.2) is 6.10 Å². The van der Waals surface area contributed by atoms with E-state index in [0.717, 1.165) is 25.9 Å². The first-order valence-electron chi connectivity index (χ1n) is 7.24. The van der Waals surface area contributed by atoms with E-state index in [4.69, 9.17) is 10.00 Å². The van der Waals surface area contributed by atoms with Crippen LogP contribution in [-0.2, 0) is 4.79 Å². The lowest BCUT2D eigenvalue weighted by Crippen LogP contribution is -2.47. The summed E-state index contributed by atoms with van der Waals surface area (Å²) in [5.41, 5.74) is 0.575. The first-order valence-corrected chi connectivity index (χ1v) is 7.24. The SMILES string of the molecule is CC(Oc1ccc(C#N)cc1)C(=O)NC1CCN(C)CC1. The second-order valence-electron chi connectivity index (χ2n) is 5.48. The molecule has 5 heteroatoms. The zero-order chi connectivity index (χ0) is 15.2. The first kappa shape index (κ1) is 15.3. The van der Waals surface area contributed by atoms with Crippen LogP contribution in [0.1, 0.15) is 25.3 Å². The van der Waals surface area contributed by atoms with E-state index >= 15 is 0 Å². The molecule has 1 fully saturated rings. The Morgan fingerprint density at radius 1 is 1.38 bits per heavy atom. The van der Waals surface area contributed by atoms with Crippen molar-refractivity contribution >= 4 is 5.91 Å². The molecule has 0 aromatic heterocycles. The Labute approximate surface area is 125 Å². The zero-order valence-corrected chi connectivity index (χ0v) is 12.5. The van der Waals surface area contributed by atoms with Gasteiger partial charge in [-0.1, -0.05) is 0 Å². The number of carbonyl (C=O) groups is 1. The summed E-state index contributed by atoms with van der Waals surface area (Å²) in [6, 6.07) is 9.05. The molecule has 1 amide bonds. The predicted octanol–water partition coefficient (Wildman–Crippen LogP) is 1.54. The molecule has 0 radical (unpaired) electrons. The number of amides is 1. The Kier molecular flexibility index (Phi) is 5.18. The Morgan fingerprint density at radius 3 is 2.57 bits per heavy atom. The van der Waals surface area contributed by atoms with Crippen LogP contribution in [0.2, 0.25) is 0 Å². The van der Waals surface area contributed by atoms with Gasteiger partial charge in [-0.25, -0.2) is 0 Å². The number of piperidine rings is 1. The number of carbonyl (C=O) groups excluding carboxylic acids is 1. The standard InChI is InChI=1S/C16H21N3O2/c1-12(21-15-5-3-13(11-17)4-6-15)16(20)18-14-7-9-19(2)10-8-14/h3-6,12,14H,7-10H2,1-2H3,(H,18,20). The van der Waals surface area contributed by atoms with Crippen LogP contribution >= 0.6 is 0 Å². The number of nitrogens with one attached hydrogen (secondary N) is 1. The summed E-state index contributed by atoms with van der Waals surface area (Å²) in [6.45, 7) is 3.76. The van der Waals surface area contributed by atoms with Gasteiger partial charge in [0.1, 0.15) is 5.75 Å². The maximum Gasteiger partial charge on any atom is 0.260 e. The molecular formula is C16H21N3O2. The van der Waals surface area contributed by atoms with Crippen LogP contribution < -0.4 is 10.1 Å². The van der Waals surface area contributed by atoms with Crippen molar-refractivity contribution in [1.29, 1.82) is 5.26 Å². The number of nitrogens with zero attached hydrogens (tertiary/aromatic N) is 2. The molecule has 0 saturated carbocycles. The Bertz CT molecular complexity index is 513. The van der Waals surface area contributed by atoms with Gasteiger partial charge in [-0.2, -0.15) is 5.26 Å². The van der Waals surface area contributed by atoms with Gasteiger partial charge in [0, 0.05) is 6.04 Å². The van der Waals surface area contributed by atoms with E-state index < -0.39 is 6.10 Å². The summed E-state index contributed by atoms with van der Waals surface area (Å²) < 4.78 is 5.61. The minimum atomic E-state index is -0.544. The number of rotatable bonds is 4. The Balaban J connectivity index is 1.83. The molecule has 1 aromatic carbocycles. The Hall–Kier alpha value is -2.06. The van der Waals surface area contributed by atoms with E-state index in [-0.39, 0.29) is 11.9 Å². The van der Waals surface area contributed by atoms with Crippen molar-refractivity contribution in [2.75, 3.05) is 20.1 Å². The van der Waals surface area contributed by atoms with E-state index in [1.165, 1.54) is 0 Å². The van der Waals surface area contributed by atoms with Crippen molar-refractivity contribution < 1.29 is 9.53 Å². The minimum Gasteiger partial charge on any atom is -0.481 e. The van der Waals surface area contributed by atoms with Crippen LogP contribution in [0.4, 0.5) is 0 Å². The molecule has 1 aliphatic heterocycles. The topological polar surface area (TPSA) is 65.4 Å². The number of benzene rings is 1. The molecule has 1 N–H and O–H groups in total. The van der Waals surface area contributed by atoms with Crippen molar-refractivity contribution in [3.63, 3.8) is 0 Å². The quantitative estimate of drug-likeness (QED) is 0.912. The van der Waals surface area contributed by atoms with E-state index in [2.05, 4.69) is 17.3 Å². The highest BCUT2D eigenvalue weighted by Gasteiger charge is 2.22. The monoisotopic (exact) mass is 287 g/mol. The molecule has 1 atom stereocenters. The Morgan fingerprint density at radius 2 is 2.00 bits per heavy atom. The molecule has 112 valence electrons. The van der Waals surface area contributed by atoms with E-state index in [1.807, 2.05) is 6.07 Å². The molecule has 0 spiro atoms. The fraction of sp³-hybridized carbons (Fsp3) is 0.500. The highest BCUT2D eigenvalue weighted by molar-refractivity contribution is 5.81. The van der Waals surface area contributed by atoms with Gasteiger partial charge in [0.05, 0.1) is 11.6 Å². The molecule has 1 aromatic rings. The molecule has 0 aliphatic carbocycles. The number of ether oxygens (including phenoxy) is 1. The largest absolute Gasteiger partial charge is 0.481 e. The van der Waals surface area contributed by atoms with Crippen molar-refractivity contribution in [3.05, 3.63) is 29.8 Å². The fourth-order valence-electron chi connectivity index (χ4n) is 2.34. The second-order valence-corrected chi connectivity index (χ2v) is 5.48. The van der Waals surface area contributed by atoms with Crippen LogP contribution in [0.15, 0.2) is 24.3 Å². The number of hydrogen-bond acceptors (Lipinski definition) is 4. The van der Waals surface area contributed by atoms with Crippen LogP contribution in [0.25, 0.3) is 0 Å². The molecule has 2 rings (SSSR count). The van der Waals surface area contributed by atoms with Gasteiger partial charge in [-0.15, -0.1) is 0 Å². The van der Waals surface area contributed by atoms with Crippen molar-refractivity contribution in [1.82, 2.24) is 10.2 Å². The van der Waals surface area contributed by atoms with Crippen molar-refractivity contribution in [2.24, 2.45) is 0 Å². The van der Waals surface area contributed by atoms with Crippen molar-refractivity contribution in [2.45, 2.75) is 31.9 Å². The summed E-state index contributed by atoms with van der Waals surface area (Å²) in [5.74, 6) is 0.508. The molecule has 1 aliphatic rings. The third-order valence-corrected chi connectivity index (χ3v) is 3.73. The lowest BCUT2D eigenvalue weighted by atomic mass is 10.1. The van der Waals surface area contributed by atoms with Gasteiger partial charge in [0.25, 0.3) is 5.91 Å². The second kappa shape index (κ2) is 7.09. The first-order chi connectivity index (χ1) is 10.1. The lowest BCUT2D eigenvalue weighted by Gasteiger charge is -2.30. The average Bonchev–Trinajstić information content (AvgIpc) is 2.50. The van der Waals surface area contributed by atoms with Gasteiger partial charge in [0.2, 0.25) is 0 Å². The van der Waals surface area contributed by atoms with Gasteiger partial charge in [-0.05, 0) is 64.2 Å². The molecule has 1 saturated heterocycles. The average molecular weight is 287 g/mol. The smallest absolute Gasteiger partial charge is 0.260 e. The molecule has 21 heavy (non-hydrogen) atoms. The van der Waals surface area contributed by atoms with Crippen LogP contribution in [0.3, 0.4) is 0 Å². The highest BCUT2D eigenvalue weighted by Crippen LogP contribution is 2.14. The zero-order valence-electron chi connectivity index (χ0n) is 12.5. The molecule has 1 heterocycles. The summed E-state index contributed by atoms with van der Waals surface area (Å²) in [5, 5.41) is 11.8. The summed E-state index contributed by atoms with van der Waals surface area (Å²) >= 11 is 0. The summed E-state index contributed by atoms with van der Waals surface area (Å²) in [4.78, 5) is 14.4. The predicted molar refractivity (Wildman–Crippen MR) is 79.9 cm³/mol. The van der Waals surface area contributed by atoms with Gasteiger partial charge >= 0.3 is 0 Å². The lowest BCUT2D eigenvalue weighted by molar-refractivity contribution is -0.128. The van der Waals surface area contributed by atoms with E-state index in [9.17, 15) is 4.79 Å². The van der Waals surface area contributed by atoms with Crippen LogP contribution in [-0.4, -0.2) is 43.1 Å². The molecule has 5 nitrogen and oxygen atoms in total. The van der Waals surface area contributed by atoms with Crippen LogP contribution in [0.5, 0.6) is 5.75 Å². The van der Waals surface area contributed by atoms with E-state index in [1.54, 1.807) is 31.2 Å². The third kappa shape index (κ3) is 4.47. The third-order valence-electron chi connectivity index (χ3n) is 3.73. The maximum absolute atomic E-state index is 12.1. The molecule has 0 bridgehead atoms. The maximum atomic E-state index is 12.1. The fourth-order valence-corrected chi connectivity index (χ4v) is 2.34. The van der Waals surface area contributed by atoms with Crippen molar-refractivity contribution in [3.8, 4) is 11.8 Å².